The lowest BCUT2D eigenvalue weighted by Gasteiger charge is -2.19. The van der Waals surface area contributed by atoms with E-state index in [4.69, 9.17) is 4.74 Å². The average molecular weight is 197 g/mol. The van der Waals surface area contributed by atoms with Crippen LogP contribution < -0.4 is 0 Å². The monoisotopic (exact) mass is 197 g/mol. The number of fused-ring (bicyclic) bond motifs is 1. The van der Waals surface area contributed by atoms with E-state index in [1.54, 1.807) is 7.11 Å². The fourth-order valence-electron chi connectivity index (χ4n) is 1.81. The van der Waals surface area contributed by atoms with Crippen LogP contribution in [-0.4, -0.2) is 12.1 Å². The number of methoxy groups -OCH3 is 1. The number of rotatable bonds is 2. The molecule has 13 heavy (non-hydrogen) atoms. The van der Waals surface area contributed by atoms with Crippen LogP contribution in [0.25, 0.3) is 0 Å². The van der Waals surface area contributed by atoms with Crippen LogP contribution in [0.2, 0.25) is 0 Å². The lowest BCUT2D eigenvalue weighted by Crippen LogP contribution is -2.10. The SMILES string of the molecule is CCc1nc2c(s1)CCCC2OC. The van der Waals surface area contributed by atoms with Gasteiger partial charge in [0.15, 0.2) is 0 Å². The summed E-state index contributed by atoms with van der Waals surface area (Å²) in [5, 5.41) is 1.26. The van der Waals surface area contributed by atoms with Gasteiger partial charge in [-0.25, -0.2) is 4.98 Å². The highest BCUT2D eigenvalue weighted by Gasteiger charge is 2.23. The van der Waals surface area contributed by atoms with E-state index in [1.165, 1.54) is 28.4 Å². The van der Waals surface area contributed by atoms with Crippen LogP contribution in [0.5, 0.6) is 0 Å². The van der Waals surface area contributed by atoms with Crippen molar-refractivity contribution in [2.45, 2.75) is 38.7 Å². The van der Waals surface area contributed by atoms with Crippen molar-refractivity contribution in [3.8, 4) is 0 Å². The van der Waals surface area contributed by atoms with E-state index < -0.39 is 0 Å². The van der Waals surface area contributed by atoms with Gasteiger partial charge in [0.05, 0.1) is 10.7 Å². The smallest absolute Gasteiger partial charge is 0.100 e. The molecule has 1 aromatic heterocycles. The molecule has 1 unspecified atom stereocenters. The zero-order valence-electron chi connectivity index (χ0n) is 8.17. The number of thiazole rings is 1. The molecule has 0 amide bonds. The van der Waals surface area contributed by atoms with Crippen LogP contribution in [0, 0.1) is 0 Å². The maximum atomic E-state index is 5.42. The third-order valence-corrected chi connectivity index (χ3v) is 3.81. The topological polar surface area (TPSA) is 22.1 Å². The molecule has 0 aromatic carbocycles. The quantitative estimate of drug-likeness (QED) is 0.727. The summed E-state index contributed by atoms with van der Waals surface area (Å²) >= 11 is 1.86. The van der Waals surface area contributed by atoms with Gasteiger partial charge >= 0.3 is 0 Å². The van der Waals surface area contributed by atoms with E-state index in [0.717, 1.165) is 12.8 Å². The van der Waals surface area contributed by atoms with Gasteiger partial charge in [0.25, 0.3) is 0 Å². The van der Waals surface area contributed by atoms with Gasteiger partial charge in [-0.1, -0.05) is 6.92 Å². The molecule has 0 saturated carbocycles. The molecule has 0 fully saturated rings. The molecule has 2 nitrogen and oxygen atoms in total. The molecule has 0 saturated heterocycles. The van der Waals surface area contributed by atoms with E-state index in [2.05, 4.69) is 11.9 Å². The Morgan fingerprint density at radius 3 is 3.15 bits per heavy atom. The van der Waals surface area contributed by atoms with Gasteiger partial charge < -0.3 is 4.74 Å². The molecule has 0 spiro atoms. The van der Waals surface area contributed by atoms with Gasteiger partial charge in [-0.2, -0.15) is 0 Å². The minimum absolute atomic E-state index is 0.264. The lowest BCUT2D eigenvalue weighted by molar-refractivity contribution is 0.0852. The molecule has 0 N–H and O–H groups in total. The highest BCUT2D eigenvalue weighted by Crippen LogP contribution is 2.34. The third kappa shape index (κ3) is 1.63. The highest BCUT2D eigenvalue weighted by atomic mass is 32.1. The molecular formula is C10H15NOS. The van der Waals surface area contributed by atoms with E-state index in [1.807, 2.05) is 11.3 Å². The summed E-state index contributed by atoms with van der Waals surface area (Å²) in [5.41, 5.74) is 1.22. The summed E-state index contributed by atoms with van der Waals surface area (Å²) in [4.78, 5) is 6.07. The van der Waals surface area contributed by atoms with Crippen LogP contribution in [0.1, 0.15) is 41.4 Å². The lowest BCUT2D eigenvalue weighted by atomic mass is 10.0. The Hall–Kier alpha value is -0.410. The van der Waals surface area contributed by atoms with Crippen molar-refractivity contribution in [3.63, 3.8) is 0 Å². The van der Waals surface area contributed by atoms with Gasteiger partial charge in [-0.05, 0) is 25.7 Å². The first-order valence-corrected chi connectivity index (χ1v) is 5.68. The molecular weight excluding hydrogens is 182 g/mol. The number of aryl methyl sites for hydroxylation is 2. The average Bonchev–Trinajstić information content (AvgIpc) is 2.59. The molecule has 1 aliphatic rings. The van der Waals surface area contributed by atoms with E-state index >= 15 is 0 Å². The van der Waals surface area contributed by atoms with Crippen molar-refractivity contribution in [1.29, 1.82) is 0 Å². The van der Waals surface area contributed by atoms with Crippen LogP contribution in [0.4, 0.5) is 0 Å². The Labute approximate surface area is 83.0 Å². The molecule has 0 radical (unpaired) electrons. The van der Waals surface area contributed by atoms with Crippen molar-refractivity contribution in [3.05, 3.63) is 15.6 Å². The minimum atomic E-state index is 0.264. The Kier molecular flexibility index (Phi) is 2.65. The molecule has 1 atom stereocenters. The maximum absolute atomic E-state index is 5.42. The van der Waals surface area contributed by atoms with Crippen LogP contribution in [0.3, 0.4) is 0 Å². The molecule has 1 heterocycles. The summed E-state index contributed by atoms with van der Waals surface area (Å²) in [6.07, 6.45) is 4.90. The van der Waals surface area contributed by atoms with Gasteiger partial charge in [0, 0.05) is 12.0 Å². The van der Waals surface area contributed by atoms with Crippen LogP contribution in [-0.2, 0) is 17.6 Å². The second-order valence-corrected chi connectivity index (χ2v) is 4.55. The molecule has 2 rings (SSSR count). The molecule has 72 valence electrons. The Morgan fingerprint density at radius 1 is 1.62 bits per heavy atom. The van der Waals surface area contributed by atoms with Crippen molar-refractivity contribution in [2.75, 3.05) is 7.11 Å². The van der Waals surface area contributed by atoms with E-state index in [-0.39, 0.29) is 6.10 Å². The first-order chi connectivity index (χ1) is 6.35. The molecule has 0 aliphatic heterocycles. The second kappa shape index (κ2) is 3.76. The Morgan fingerprint density at radius 2 is 2.46 bits per heavy atom. The fraction of sp³-hybridized carbons (Fsp3) is 0.700. The van der Waals surface area contributed by atoms with Crippen molar-refractivity contribution in [1.82, 2.24) is 4.98 Å². The first kappa shape index (κ1) is 9.16. The van der Waals surface area contributed by atoms with Gasteiger partial charge in [-0.3, -0.25) is 0 Å². The highest BCUT2D eigenvalue weighted by molar-refractivity contribution is 7.11. The number of hydrogen-bond donors (Lipinski definition) is 0. The standard InChI is InChI=1S/C10H15NOS/c1-3-9-11-10-7(12-2)5-4-6-8(10)13-9/h7H,3-6H2,1-2H3. The number of nitrogens with zero attached hydrogens (tertiary/aromatic N) is 1. The summed E-state index contributed by atoms with van der Waals surface area (Å²) in [7, 11) is 1.78. The predicted molar refractivity (Wildman–Crippen MR) is 54.2 cm³/mol. The summed E-state index contributed by atoms with van der Waals surface area (Å²) in [5.74, 6) is 0. The summed E-state index contributed by atoms with van der Waals surface area (Å²) < 4.78 is 5.42. The van der Waals surface area contributed by atoms with E-state index in [0.29, 0.717) is 0 Å². The predicted octanol–water partition coefficient (Wildman–Crippen LogP) is 2.73. The largest absolute Gasteiger partial charge is 0.375 e. The zero-order chi connectivity index (χ0) is 9.26. The fourth-order valence-corrected chi connectivity index (χ4v) is 2.91. The first-order valence-electron chi connectivity index (χ1n) is 4.86. The van der Waals surface area contributed by atoms with Crippen molar-refractivity contribution in [2.24, 2.45) is 0 Å². The number of ether oxygens (including phenoxy) is 1. The van der Waals surface area contributed by atoms with Crippen molar-refractivity contribution < 1.29 is 4.74 Å². The number of aromatic nitrogens is 1. The van der Waals surface area contributed by atoms with Crippen molar-refractivity contribution >= 4 is 11.3 Å². The van der Waals surface area contributed by atoms with Crippen LogP contribution in [0.15, 0.2) is 0 Å². The summed E-state index contributed by atoms with van der Waals surface area (Å²) in [6, 6.07) is 0. The van der Waals surface area contributed by atoms with E-state index in [9.17, 15) is 0 Å². The summed E-state index contributed by atoms with van der Waals surface area (Å²) in [6.45, 7) is 2.16. The molecule has 3 heteroatoms. The molecule has 0 bridgehead atoms. The number of hydrogen-bond acceptors (Lipinski definition) is 3. The van der Waals surface area contributed by atoms with Gasteiger partial charge in [-0.15, -0.1) is 11.3 Å². The normalized spacial score (nSPS) is 21.5. The third-order valence-electron chi connectivity index (χ3n) is 2.53. The van der Waals surface area contributed by atoms with Gasteiger partial charge in [0.2, 0.25) is 0 Å². The maximum Gasteiger partial charge on any atom is 0.100 e. The van der Waals surface area contributed by atoms with Crippen LogP contribution >= 0.6 is 11.3 Å². The molecule has 1 aliphatic carbocycles. The second-order valence-electron chi connectivity index (χ2n) is 3.39. The zero-order valence-corrected chi connectivity index (χ0v) is 8.99. The Bertz CT molecular complexity index is 295. The minimum Gasteiger partial charge on any atom is -0.375 e. The molecule has 1 aromatic rings. The Balaban J connectivity index is 2.32. The van der Waals surface area contributed by atoms with Gasteiger partial charge in [0.1, 0.15) is 6.10 Å².